The monoisotopic (exact) mass is 373 g/mol. The molecule has 0 aliphatic heterocycles. The Labute approximate surface area is 149 Å². The van der Waals surface area contributed by atoms with Gasteiger partial charge in [-0.3, -0.25) is 4.99 Å². The SMILES string of the molecule is CN=C(NCCS(=O)(=O)C(C)(C)C)NCC(C)Oc1ccccc1F. The summed E-state index contributed by atoms with van der Waals surface area (Å²) in [6.45, 7) is 7.48. The predicted octanol–water partition coefficient (Wildman–Crippen LogP) is 1.97. The number of para-hydroxylation sites is 1. The number of aliphatic imine (C=N–C) groups is 1. The van der Waals surface area contributed by atoms with Gasteiger partial charge in [0.1, 0.15) is 6.10 Å². The average Bonchev–Trinajstić information content (AvgIpc) is 2.51. The van der Waals surface area contributed by atoms with Gasteiger partial charge in [-0.1, -0.05) is 12.1 Å². The van der Waals surface area contributed by atoms with E-state index in [-0.39, 0.29) is 24.2 Å². The van der Waals surface area contributed by atoms with Crippen molar-refractivity contribution in [2.24, 2.45) is 4.99 Å². The standard InChI is InChI=1S/C17H28FN3O3S/c1-13(24-15-9-7-6-8-14(15)18)12-21-16(19-5)20-10-11-25(22,23)17(2,3)4/h6-9,13H,10-12H2,1-5H3,(H2,19,20,21). The molecule has 0 aliphatic carbocycles. The fourth-order valence-electron chi connectivity index (χ4n) is 1.87. The van der Waals surface area contributed by atoms with Crippen molar-refractivity contribution in [1.29, 1.82) is 0 Å². The summed E-state index contributed by atoms with van der Waals surface area (Å²) < 4.78 is 42.4. The molecule has 1 unspecified atom stereocenters. The number of hydrogen-bond acceptors (Lipinski definition) is 4. The van der Waals surface area contributed by atoms with Crippen molar-refractivity contribution in [3.63, 3.8) is 0 Å². The Hall–Kier alpha value is -1.83. The van der Waals surface area contributed by atoms with E-state index >= 15 is 0 Å². The normalized spacial score (nSPS) is 14.1. The van der Waals surface area contributed by atoms with Crippen molar-refractivity contribution in [3.05, 3.63) is 30.1 Å². The average molecular weight is 373 g/mol. The van der Waals surface area contributed by atoms with Crippen LogP contribution in [-0.4, -0.2) is 51.1 Å². The summed E-state index contributed by atoms with van der Waals surface area (Å²) in [5.41, 5.74) is 0. The van der Waals surface area contributed by atoms with Crippen molar-refractivity contribution in [1.82, 2.24) is 10.6 Å². The minimum Gasteiger partial charge on any atom is -0.486 e. The van der Waals surface area contributed by atoms with E-state index in [0.29, 0.717) is 12.5 Å². The fraction of sp³-hybridized carbons (Fsp3) is 0.588. The molecule has 1 aromatic rings. The Morgan fingerprint density at radius 3 is 2.48 bits per heavy atom. The molecule has 0 radical (unpaired) electrons. The summed E-state index contributed by atoms with van der Waals surface area (Å²) in [6, 6.07) is 6.21. The van der Waals surface area contributed by atoms with E-state index in [0.717, 1.165) is 0 Å². The zero-order valence-corrected chi connectivity index (χ0v) is 16.3. The lowest BCUT2D eigenvalue weighted by molar-refractivity contribution is 0.214. The summed E-state index contributed by atoms with van der Waals surface area (Å²) >= 11 is 0. The number of halogens is 1. The first-order valence-corrected chi connectivity index (χ1v) is 9.80. The second-order valence-electron chi connectivity index (χ2n) is 6.67. The number of nitrogens with one attached hydrogen (secondary N) is 2. The van der Waals surface area contributed by atoms with Gasteiger partial charge in [0.05, 0.1) is 17.0 Å². The van der Waals surface area contributed by atoms with Crippen LogP contribution < -0.4 is 15.4 Å². The molecule has 0 amide bonds. The number of ether oxygens (including phenoxy) is 1. The molecule has 0 bridgehead atoms. The number of sulfone groups is 1. The highest BCUT2D eigenvalue weighted by molar-refractivity contribution is 7.92. The molecule has 0 saturated carbocycles. The largest absolute Gasteiger partial charge is 0.486 e. The van der Waals surface area contributed by atoms with E-state index in [4.69, 9.17) is 4.74 Å². The molecule has 1 rings (SSSR count). The van der Waals surface area contributed by atoms with Gasteiger partial charge in [0.15, 0.2) is 27.4 Å². The predicted molar refractivity (Wildman–Crippen MR) is 99.4 cm³/mol. The molecule has 8 heteroatoms. The maximum absolute atomic E-state index is 13.6. The molecule has 0 aliphatic rings. The van der Waals surface area contributed by atoms with Crippen LogP contribution in [0.15, 0.2) is 29.3 Å². The van der Waals surface area contributed by atoms with Gasteiger partial charge in [0, 0.05) is 13.6 Å². The molecule has 0 saturated heterocycles. The van der Waals surface area contributed by atoms with Gasteiger partial charge < -0.3 is 15.4 Å². The van der Waals surface area contributed by atoms with Gasteiger partial charge in [0.2, 0.25) is 0 Å². The van der Waals surface area contributed by atoms with E-state index in [1.807, 2.05) is 0 Å². The Balaban J connectivity index is 2.43. The Morgan fingerprint density at radius 1 is 1.28 bits per heavy atom. The molecule has 2 N–H and O–H groups in total. The zero-order valence-electron chi connectivity index (χ0n) is 15.5. The van der Waals surface area contributed by atoms with Crippen molar-refractivity contribution in [2.75, 3.05) is 25.9 Å². The highest BCUT2D eigenvalue weighted by Gasteiger charge is 2.28. The van der Waals surface area contributed by atoms with Crippen LogP contribution in [0.4, 0.5) is 4.39 Å². The summed E-state index contributed by atoms with van der Waals surface area (Å²) in [6.07, 6.45) is -0.297. The molecule has 0 fully saturated rings. The topological polar surface area (TPSA) is 79.8 Å². The molecular weight excluding hydrogens is 345 g/mol. The fourth-order valence-corrected chi connectivity index (χ4v) is 2.85. The third-order valence-corrected chi connectivity index (χ3v) is 6.15. The molecule has 142 valence electrons. The van der Waals surface area contributed by atoms with E-state index in [9.17, 15) is 12.8 Å². The first-order valence-electron chi connectivity index (χ1n) is 8.15. The maximum Gasteiger partial charge on any atom is 0.191 e. The van der Waals surface area contributed by atoms with Gasteiger partial charge in [-0.25, -0.2) is 12.8 Å². The van der Waals surface area contributed by atoms with Crippen molar-refractivity contribution < 1.29 is 17.5 Å². The summed E-state index contributed by atoms with van der Waals surface area (Å²) in [5.74, 6) is 0.256. The van der Waals surface area contributed by atoms with Crippen LogP contribution in [0.3, 0.4) is 0 Å². The van der Waals surface area contributed by atoms with Crippen LogP contribution in [-0.2, 0) is 9.84 Å². The van der Waals surface area contributed by atoms with E-state index in [1.54, 1.807) is 52.9 Å². The van der Waals surface area contributed by atoms with Gasteiger partial charge in [-0.15, -0.1) is 0 Å². The molecule has 0 aromatic heterocycles. The zero-order chi connectivity index (χ0) is 19.1. The number of benzene rings is 1. The van der Waals surface area contributed by atoms with Gasteiger partial charge in [-0.05, 0) is 39.8 Å². The van der Waals surface area contributed by atoms with Gasteiger partial charge in [0.25, 0.3) is 0 Å². The van der Waals surface area contributed by atoms with E-state index in [1.165, 1.54) is 6.07 Å². The Morgan fingerprint density at radius 2 is 1.92 bits per heavy atom. The lowest BCUT2D eigenvalue weighted by Crippen LogP contribution is -2.44. The Bertz CT molecular complexity index is 685. The van der Waals surface area contributed by atoms with Crippen LogP contribution in [0.5, 0.6) is 5.75 Å². The first-order chi connectivity index (χ1) is 11.6. The molecule has 0 spiro atoms. The van der Waals surface area contributed by atoms with Crippen LogP contribution in [0.25, 0.3) is 0 Å². The molecule has 0 heterocycles. The third kappa shape index (κ3) is 6.89. The van der Waals surface area contributed by atoms with Crippen LogP contribution in [0.1, 0.15) is 27.7 Å². The first kappa shape index (κ1) is 21.2. The lowest BCUT2D eigenvalue weighted by atomic mass is 10.3. The minimum absolute atomic E-state index is 0.0124. The van der Waals surface area contributed by atoms with Crippen LogP contribution in [0, 0.1) is 5.82 Å². The lowest BCUT2D eigenvalue weighted by Gasteiger charge is -2.20. The number of guanidine groups is 1. The van der Waals surface area contributed by atoms with Crippen molar-refractivity contribution in [3.8, 4) is 5.75 Å². The maximum atomic E-state index is 13.6. The Kier molecular flexibility index (Phi) is 7.66. The number of nitrogens with zero attached hydrogens (tertiary/aromatic N) is 1. The molecule has 1 aromatic carbocycles. The molecular formula is C17H28FN3O3S. The number of rotatable bonds is 7. The number of hydrogen-bond donors (Lipinski definition) is 2. The molecule has 6 nitrogen and oxygen atoms in total. The molecule has 1 atom stereocenters. The van der Waals surface area contributed by atoms with Crippen LogP contribution in [0.2, 0.25) is 0 Å². The summed E-state index contributed by atoms with van der Waals surface area (Å²) in [5, 5.41) is 5.99. The smallest absolute Gasteiger partial charge is 0.191 e. The quantitative estimate of drug-likeness (QED) is 0.564. The van der Waals surface area contributed by atoms with Gasteiger partial charge >= 0.3 is 0 Å². The summed E-state index contributed by atoms with van der Waals surface area (Å²) in [4.78, 5) is 4.04. The summed E-state index contributed by atoms with van der Waals surface area (Å²) in [7, 11) is -1.60. The van der Waals surface area contributed by atoms with Crippen molar-refractivity contribution >= 4 is 15.8 Å². The third-order valence-electron chi connectivity index (χ3n) is 3.54. The second-order valence-corrected chi connectivity index (χ2v) is 9.53. The minimum atomic E-state index is -3.19. The van der Waals surface area contributed by atoms with Crippen molar-refractivity contribution in [2.45, 2.75) is 38.5 Å². The van der Waals surface area contributed by atoms with Crippen LogP contribution >= 0.6 is 0 Å². The highest BCUT2D eigenvalue weighted by atomic mass is 32.2. The highest BCUT2D eigenvalue weighted by Crippen LogP contribution is 2.17. The van der Waals surface area contributed by atoms with Gasteiger partial charge in [-0.2, -0.15) is 0 Å². The van der Waals surface area contributed by atoms with E-state index < -0.39 is 20.4 Å². The second kappa shape index (κ2) is 9.03. The van der Waals surface area contributed by atoms with E-state index in [2.05, 4.69) is 15.6 Å². The molecule has 25 heavy (non-hydrogen) atoms.